The summed E-state index contributed by atoms with van der Waals surface area (Å²) in [6, 6.07) is 8.00. The molecule has 3 rings (SSSR count). The Hall–Kier alpha value is -1.74. The summed E-state index contributed by atoms with van der Waals surface area (Å²) in [6.07, 6.45) is 7.80. The molecule has 0 radical (unpaired) electrons. The van der Waals surface area contributed by atoms with Crippen molar-refractivity contribution in [2.24, 2.45) is 0 Å². The monoisotopic (exact) mass is 257 g/mol. The summed E-state index contributed by atoms with van der Waals surface area (Å²) in [5.41, 5.74) is 1.06. The van der Waals surface area contributed by atoms with Crippen molar-refractivity contribution in [1.29, 1.82) is 0 Å². The number of rotatable bonds is 3. The molecule has 0 bridgehead atoms. The molecule has 2 aliphatic rings. The Kier molecular flexibility index (Phi) is 3.56. The van der Waals surface area contributed by atoms with Gasteiger partial charge < -0.3 is 0 Å². The van der Waals surface area contributed by atoms with Crippen LogP contribution in [-0.4, -0.2) is 24.0 Å². The molecular formula is C16H19NO2. The topological polar surface area (TPSA) is 21.7 Å². The zero-order valence-corrected chi connectivity index (χ0v) is 11.0. The molecule has 0 amide bonds. The fraction of sp³-hybridized carbons (Fsp3) is 0.375. The van der Waals surface area contributed by atoms with Gasteiger partial charge in [0.25, 0.3) is 0 Å². The molecule has 19 heavy (non-hydrogen) atoms. The summed E-state index contributed by atoms with van der Waals surface area (Å²) in [5.74, 6) is 1.60. The van der Waals surface area contributed by atoms with Gasteiger partial charge in [-0.1, -0.05) is 30.7 Å². The van der Waals surface area contributed by atoms with Crippen LogP contribution < -0.4 is 4.89 Å². The average Bonchev–Trinajstić information content (AvgIpc) is 2.49. The van der Waals surface area contributed by atoms with Crippen molar-refractivity contribution in [3.63, 3.8) is 0 Å². The van der Waals surface area contributed by atoms with Crippen LogP contribution >= 0.6 is 0 Å². The third kappa shape index (κ3) is 2.51. The second-order valence-electron chi connectivity index (χ2n) is 5.03. The molecule has 0 saturated carbocycles. The SMILES string of the molecule is C=CC(C1=Cc2ccccc2OO1)N1CCCCC1. The Morgan fingerprint density at radius 2 is 1.89 bits per heavy atom. The molecular weight excluding hydrogens is 238 g/mol. The molecule has 0 N–H and O–H groups in total. The summed E-state index contributed by atoms with van der Waals surface area (Å²) in [6.45, 7) is 6.14. The summed E-state index contributed by atoms with van der Waals surface area (Å²) in [4.78, 5) is 13.2. The van der Waals surface area contributed by atoms with E-state index in [1.807, 2.05) is 30.3 Å². The molecule has 100 valence electrons. The van der Waals surface area contributed by atoms with Gasteiger partial charge >= 0.3 is 0 Å². The van der Waals surface area contributed by atoms with Crippen molar-refractivity contribution in [2.75, 3.05) is 13.1 Å². The zero-order chi connectivity index (χ0) is 13.1. The highest BCUT2D eigenvalue weighted by molar-refractivity contribution is 5.60. The maximum atomic E-state index is 5.46. The van der Waals surface area contributed by atoms with E-state index in [9.17, 15) is 0 Å². The number of nitrogens with zero attached hydrogens (tertiary/aromatic N) is 1. The maximum Gasteiger partial charge on any atom is 0.185 e. The lowest BCUT2D eigenvalue weighted by molar-refractivity contribution is -0.177. The third-order valence-corrected chi connectivity index (χ3v) is 3.74. The van der Waals surface area contributed by atoms with E-state index in [-0.39, 0.29) is 6.04 Å². The standard InChI is InChI=1S/C16H19NO2/c1-2-14(17-10-6-3-7-11-17)16-12-13-8-4-5-9-15(13)18-19-16/h2,4-5,8-9,12,14H,1,3,6-7,10-11H2. The van der Waals surface area contributed by atoms with E-state index in [4.69, 9.17) is 9.78 Å². The van der Waals surface area contributed by atoms with Crippen LogP contribution in [0.1, 0.15) is 24.8 Å². The summed E-state index contributed by atoms with van der Waals surface area (Å²) in [7, 11) is 0. The molecule has 1 aromatic carbocycles. The summed E-state index contributed by atoms with van der Waals surface area (Å²) >= 11 is 0. The number of benzene rings is 1. The highest BCUT2D eigenvalue weighted by atomic mass is 17.2. The van der Waals surface area contributed by atoms with Crippen molar-refractivity contribution in [1.82, 2.24) is 4.90 Å². The molecule has 2 aliphatic heterocycles. The Labute approximate surface area is 114 Å². The number of hydrogen-bond donors (Lipinski definition) is 0. The first kappa shape index (κ1) is 12.3. The zero-order valence-electron chi connectivity index (χ0n) is 11.0. The van der Waals surface area contributed by atoms with Gasteiger partial charge in [0, 0.05) is 5.56 Å². The Morgan fingerprint density at radius 3 is 2.68 bits per heavy atom. The van der Waals surface area contributed by atoms with Crippen LogP contribution in [0, 0.1) is 0 Å². The van der Waals surface area contributed by atoms with E-state index >= 15 is 0 Å². The number of fused-ring (bicyclic) bond motifs is 1. The number of likely N-dealkylation sites (tertiary alicyclic amines) is 1. The second-order valence-corrected chi connectivity index (χ2v) is 5.03. The fourth-order valence-corrected chi connectivity index (χ4v) is 2.72. The van der Waals surface area contributed by atoms with Crippen LogP contribution in [0.2, 0.25) is 0 Å². The minimum Gasteiger partial charge on any atom is -0.292 e. The predicted octanol–water partition coefficient (Wildman–Crippen LogP) is 3.39. The van der Waals surface area contributed by atoms with Crippen molar-refractivity contribution in [2.45, 2.75) is 25.3 Å². The smallest absolute Gasteiger partial charge is 0.185 e. The number of piperidine rings is 1. The van der Waals surface area contributed by atoms with Crippen molar-refractivity contribution in [3.05, 3.63) is 48.2 Å². The fourth-order valence-electron chi connectivity index (χ4n) is 2.72. The molecule has 1 unspecified atom stereocenters. The van der Waals surface area contributed by atoms with Gasteiger partial charge in [0.05, 0.1) is 6.04 Å². The molecule has 0 aromatic heterocycles. The lowest BCUT2D eigenvalue weighted by Crippen LogP contribution is -2.40. The Bertz CT molecular complexity index is 489. The lowest BCUT2D eigenvalue weighted by Gasteiger charge is -2.33. The first-order valence-electron chi connectivity index (χ1n) is 6.90. The molecule has 3 heteroatoms. The highest BCUT2D eigenvalue weighted by Crippen LogP contribution is 2.30. The molecule has 3 nitrogen and oxygen atoms in total. The van der Waals surface area contributed by atoms with E-state index in [0.29, 0.717) is 0 Å². The van der Waals surface area contributed by atoms with Crippen molar-refractivity contribution >= 4 is 6.08 Å². The minimum atomic E-state index is 0.105. The van der Waals surface area contributed by atoms with Gasteiger partial charge in [-0.3, -0.25) is 14.7 Å². The van der Waals surface area contributed by atoms with Crippen molar-refractivity contribution < 1.29 is 9.78 Å². The summed E-state index contributed by atoms with van der Waals surface area (Å²) in [5, 5.41) is 0. The van der Waals surface area contributed by atoms with E-state index in [2.05, 4.69) is 17.6 Å². The lowest BCUT2D eigenvalue weighted by atomic mass is 10.0. The molecule has 0 spiro atoms. The van der Waals surface area contributed by atoms with Gasteiger partial charge in [-0.2, -0.15) is 0 Å². The van der Waals surface area contributed by atoms with Gasteiger partial charge in [0.15, 0.2) is 11.5 Å². The van der Waals surface area contributed by atoms with Crippen LogP contribution in [0.15, 0.2) is 42.7 Å². The van der Waals surface area contributed by atoms with Gasteiger partial charge in [-0.25, -0.2) is 0 Å². The molecule has 1 atom stereocenters. The Morgan fingerprint density at radius 1 is 1.11 bits per heavy atom. The predicted molar refractivity (Wildman–Crippen MR) is 75.5 cm³/mol. The van der Waals surface area contributed by atoms with Crippen LogP contribution in [0.5, 0.6) is 5.75 Å². The molecule has 0 aliphatic carbocycles. The average molecular weight is 257 g/mol. The largest absolute Gasteiger partial charge is 0.292 e. The van der Waals surface area contributed by atoms with Gasteiger partial charge in [-0.15, -0.1) is 6.58 Å². The first-order chi connectivity index (χ1) is 9.38. The highest BCUT2D eigenvalue weighted by Gasteiger charge is 2.26. The number of para-hydroxylation sites is 1. The molecule has 1 saturated heterocycles. The summed E-state index contributed by atoms with van der Waals surface area (Å²) < 4.78 is 0. The normalized spacial score (nSPS) is 20.5. The van der Waals surface area contributed by atoms with Crippen LogP contribution in [0.4, 0.5) is 0 Å². The Balaban J connectivity index is 1.84. The van der Waals surface area contributed by atoms with Gasteiger partial charge in [0.2, 0.25) is 0 Å². The van der Waals surface area contributed by atoms with E-state index < -0.39 is 0 Å². The van der Waals surface area contributed by atoms with E-state index in [1.165, 1.54) is 19.3 Å². The van der Waals surface area contributed by atoms with Crippen LogP contribution in [0.25, 0.3) is 6.08 Å². The minimum absolute atomic E-state index is 0.105. The quantitative estimate of drug-likeness (QED) is 0.612. The van der Waals surface area contributed by atoms with Gasteiger partial charge in [0.1, 0.15) is 0 Å². The molecule has 1 aromatic rings. The van der Waals surface area contributed by atoms with E-state index in [1.54, 1.807) is 0 Å². The second kappa shape index (κ2) is 5.49. The maximum absolute atomic E-state index is 5.46. The number of hydrogen-bond acceptors (Lipinski definition) is 3. The molecule has 2 heterocycles. The van der Waals surface area contributed by atoms with E-state index in [0.717, 1.165) is 30.2 Å². The van der Waals surface area contributed by atoms with Gasteiger partial charge in [-0.05, 0) is 38.1 Å². The van der Waals surface area contributed by atoms with Crippen LogP contribution in [0.3, 0.4) is 0 Å². The first-order valence-corrected chi connectivity index (χ1v) is 6.90. The molecule has 1 fully saturated rings. The van der Waals surface area contributed by atoms with Crippen LogP contribution in [-0.2, 0) is 4.89 Å². The third-order valence-electron chi connectivity index (χ3n) is 3.74. The van der Waals surface area contributed by atoms with Crippen molar-refractivity contribution in [3.8, 4) is 5.75 Å².